The summed E-state index contributed by atoms with van der Waals surface area (Å²) in [5, 5.41) is 0.535. The van der Waals surface area contributed by atoms with Crippen LogP contribution >= 0.6 is 11.6 Å². The summed E-state index contributed by atoms with van der Waals surface area (Å²) >= 11 is 5.83. The first-order valence-corrected chi connectivity index (χ1v) is 6.35. The molecule has 0 saturated carbocycles. The van der Waals surface area contributed by atoms with Crippen molar-refractivity contribution in [2.75, 3.05) is 18.8 Å². The molecule has 2 N–H and O–H groups in total. The fraction of sp³-hybridized carbons (Fsp3) is 0.462. The van der Waals surface area contributed by atoms with Crippen LogP contribution in [0.1, 0.15) is 24.2 Å². The highest BCUT2D eigenvalue weighted by Gasteiger charge is 2.27. The van der Waals surface area contributed by atoms with Crippen LogP contribution in [0.2, 0.25) is 5.02 Å². The predicted molar refractivity (Wildman–Crippen MR) is 71.8 cm³/mol. The summed E-state index contributed by atoms with van der Waals surface area (Å²) in [7, 11) is 0. The molecule has 18 heavy (non-hydrogen) atoms. The Balaban J connectivity index is 2.20. The van der Waals surface area contributed by atoms with Crippen LogP contribution < -0.4 is 5.73 Å². The molecule has 0 aliphatic carbocycles. The average molecular weight is 269 g/mol. The normalized spacial score (nSPS) is 24.1. The van der Waals surface area contributed by atoms with Gasteiger partial charge >= 0.3 is 0 Å². The minimum absolute atomic E-state index is 0.0474. The van der Waals surface area contributed by atoms with E-state index in [4.69, 9.17) is 22.1 Å². The van der Waals surface area contributed by atoms with Crippen molar-refractivity contribution < 1.29 is 9.53 Å². The summed E-state index contributed by atoms with van der Waals surface area (Å²) in [4.78, 5) is 14.1. The van der Waals surface area contributed by atoms with Crippen LogP contribution in [0.15, 0.2) is 18.2 Å². The van der Waals surface area contributed by atoms with Gasteiger partial charge in [0.1, 0.15) is 0 Å². The fourth-order valence-electron chi connectivity index (χ4n) is 2.24. The molecule has 0 aromatic heterocycles. The number of hydrogen-bond donors (Lipinski definition) is 1. The minimum atomic E-state index is -0.0637. The molecule has 5 heteroatoms. The van der Waals surface area contributed by atoms with E-state index in [1.807, 2.05) is 13.8 Å². The zero-order valence-electron chi connectivity index (χ0n) is 10.5. The quantitative estimate of drug-likeness (QED) is 0.794. The number of rotatable bonds is 1. The average Bonchev–Trinajstić information content (AvgIpc) is 2.26. The minimum Gasteiger partial charge on any atom is -0.398 e. The molecule has 0 radical (unpaired) electrons. The summed E-state index contributed by atoms with van der Waals surface area (Å²) in [5.41, 5.74) is 6.75. The molecule has 1 aromatic rings. The second-order valence-corrected chi connectivity index (χ2v) is 5.14. The van der Waals surface area contributed by atoms with Crippen molar-refractivity contribution in [3.05, 3.63) is 28.8 Å². The van der Waals surface area contributed by atoms with Crippen molar-refractivity contribution >= 4 is 23.2 Å². The third-order valence-electron chi connectivity index (χ3n) is 2.95. The molecule has 1 aliphatic rings. The van der Waals surface area contributed by atoms with Crippen molar-refractivity contribution in [2.24, 2.45) is 0 Å². The van der Waals surface area contributed by atoms with Crippen LogP contribution in [0, 0.1) is 0 Å². The van der Waals surface area contributed by atoms with E-state index in [9.17, 15) is 4.79 Å². The van der Waals surface area contributed by atoms with E-state index in [-0.39, 0.29) is 18.1 Å². The van der Waals surface area contributed by atoms with Gasteiger partial charge in [-0.3, -0.25) is 4.79 Å². The molecular weight excluding hydrogens is 252 g/mol. The molecule has 1 amide bonds. The van der Waals surface area contributed by atoms with Gasteiger partial charge in [0.15, 0.2) is 0 Å². The van der Waals surface area contributed by atoms with Crippen LogP contribution in [-0.2, 0) is 4.74 Å². The van der Waals surface area contributed by atoms with E-state index >= 15 is 0 Å². The van der Waals surface area contributed by atoms with Crippen molar-refractivity contribution in [1.82, 2.24) is 4.90 Å². The lowest BCUT2D eigenvalue weighted by Gasteiger charge is -2.35. The Kier molecular flexibility index (Phi) is 3.78. The van der Waals surface area contributed by atoms with E-state index in [2.05, 4.69) is 0 Å². The number of anilines is 1. The maximum atomic E-state index is 12.4. The number of hydrogen-bond acceptors (Lipinski definition) is 3. The van der Waals surface area contributed by atoms with Crippen LogP contribution in [0.3, 0.4) is 0 Å². The van der Waals surface area contributed by atoms with Gasteiger partial charge in [-0.25, -0.2) is 0 Å². The monoisotopic (exact) mass is 268 g/mol. The summed E-state index contributed by atoms with van der Waals surface area (Å²) in [6.45, 7) is 5.10. The van der Waals surface area contributed by atoms with E-state index < -0.39 is 0 Å². The molecule has 1 heterocycles. The number of ether oxygens (including phenoxy) is 1. The predicted octanol–water partition coefficient (Wildman–Crippen LogP) is 2.17. The molecule has 4 nitrogen and oxygen atoms in total. The number of amides is 1. The second-order valence-electron chi connectivity index (χ2n) is 4.70. The molecule has 0 bridgehead atoms. The Morgan fingerprint density at radius 2 is 2.00 bits per heavy atom. The largest absolute Gasteiger partial charge is 0.398 e. The summed E-state index contributed by atoms with van der Waals surface area (Å²) < 4.78 is 5.61. The number of benzene rings is 1. The Morgan fingerprint density at radius 3 is 2.56 bits per heavy atom. The van der Waals surface area contributed by atoms with E-state index in [0.717, 1.165) is 0 Å². The highest BCUT2D eigenvalue weighted by Crippen LogP contribution is 2.21. The summed E-state index contributed by atoms with van der Waals surface area (Å²) in [5.74, 6) is -0.0637. The van der Waals surface area contributed by atoms with Crippen molar-refractivity contribution in [3.8, 4) is 0 Å². The lowest BCUT2D eigenvalue weighted by molar-refractivity contribution is -0.0585. The first kappa shape index (κ1) is 13.2. The van der Waals surface area contributed by atoms with Gasteiger partial charge in [0.05, 0.1) is 17.8 Å². The van der Waals surface area contributed by atoms with E-state index in [0.29, 0.717) is 29.4 Å². The lowest BCUT2D eigenvalue weighted by Crippen LogP contribution is -2.48. The first-order chi connectivity index (χ1) is 8.47. The van der Waals surface area contributed by atoms with Gasteiger partial charge in [-0.1, -0.05) is 11.6 Å². The van der Waals surface area contributed by atoms with Crippen LogP contribution in [0.4, 0.5) is 5.69 Å². The van der Waals surface area contributed by atoms with Gasteiger partial charge < -0.3 is 15.4 Å². The smallest absolute Gasteiger partial charge is 0.256 e. The van der Waals surface area contributed by atoms with Gasteiger partial charge in [0.2, 0.25) is 0 Å². The topological polar surface area (TPSA) is 55.6 Å². The van der Waals surface area contributed by atoms with E-state index in [1.54, 1.807) is 23.1 Å². The third kappa shape index (κ3) is 2.76. The van der Waals surface area contributed by atoms with Crippen LogP contribution in [-0.4, -0.2) is 36.1 Å². The highest BCUT2D eigenvalue weighted by molar-refractivity contribution is 6.31. The van der Waals surface area contributed by atoms with Crippen LogP contribution in [0.25, 0.3) is 0 Å². The molecule has 2 rings (SSSR count). The van der Waals surface area contributed by atoms with Crippen molar-refractivity contribution in [2.45, 2.75) is 26.1 Å². The molecule has 98 valence electrons. The fourth-order valence-corrected chi connectivity index (χ4v) is 2.42. The molecule has 1 aliphatic heterocycles. The number of carbonyl (C=O) groups is 1. The maximum Gasteiger partial charge on any atom is 0.256 e. The Morgan fingerprint density at radius 1 is 1.39 bits per heavy atom. The number of nitrogens with two attached hydrogens (primary N) is 1. The summed E-state index contributed by atoms with van der Waals surface area (Å²) in [6.07, 6.45) is 0.0949. The maximum absolute atomic E-state index is 12.4. The van der Waals surface area contributed by atoms with Gasteiger partial charge in [0.25, 0.3) is 5.91 Å². The highest BCUT2D eigenvalue weighted by atomic mass is 35.5. The Bertz CT molecular complexity index is 454. The summed E-state index contributed by atoms with van der Waals surface area (Å²) in [6, 6.07) is 4.95. The zero-order chi connectivity index (χ0) is 13.3. The first-order valence-electron chi connectivity index (χ1n) is 5.97. The zero-order valence-corrected chi connectivity index (χ0v) is 11.3. The molecule has 2 atom stereocenters. The lowest BCUT2D eigenvalue weighted by atomic mass is 10.1. The Labute approximate surface area is 112 Å². The van der Waals surface area contributed by atoms with E-state index in [1.165, 1.54) is 0 Å². The molecule has 1 saturated heterocycles. The van der Waals surface area contributed by atoms with Gasteiger partial charge in [-0.05, 0) is 32.0 Å². The molecule has 1 fully saturated rings. The van der Waals surface area contributed by atoms with Crippen molar-refractivity contribution in [1.29, 1.82) is 0 Å². The van der Waals surface area contributed by atoms with Gasteiger partial charge in [-0.2, -0.15) is 0 Å². The van der Waals surface area contributed by atoms with Gasteiger partial charge in [0, 0.05) is 23.8 Å². The molecule has 0 spiro atoms. The number of nitrogens with zero attached hydrogens (tertiary/aromatic N) is 1. The molecule has 0 unspecified atom stereocenters. The Hall–Kier alpha value is -1.26. The number of morpholine rings is 1. The number of carbonyl (C=O) groups excluding carboxylic acids is 1. The number of halogens is 1. The number of nitrogen functional groups attached to an aromatic ring is 1. The van der Waals surface area contributed by atoms with Crippen LogP contribution in [0.5, 0.6) is 0 Å². The molecular formula is C13H17ClN2O2. The third-order valence-corrected chi connectivity index (χ3v) is 3.19. The van der Waals surface area contributed by atoms with Gasteiger partial charge in [-0.15, -0.1) is 0 Å². The SMILES string of the molecule is C[C@H]1CN(C(=O)c2ccc(Cl)cc2N)C[C@H](C)O1. The molecule has 1 aromatic carbocycles. The van der Waals surface area contributed by atoms with Crippen molar-refractivity contribution in [3.63, 3.8) is 0 Å². The standard InChI is InChI=1S/C13H17ClN2O2/c1-8-6-16(7-9(2)18-8)13(17)11-4-3-10(14)5-12(11)15/h3-5,8-9H,6-7,15H2,1-2H3/t8-,9-/m0/s1. The second kappa shape index (κ2) is 5.16.